The SMILES string of the molecule is CCc1ccc(CC(=O)N=c2sc3cc(C(C)C)ccc3n2CC(=O)OC)cc1. The maximum Gasteiger partial charge on any atom is 0.325 e. The molecule has 3 rings (SSSR count). The quantitative estimate of drug-likeness (QED) is 0.571. The van der Waals surface area contributed by atoms with Crippen molar-refractivity contribution in [2.45, 2.75) is 46.1 Å². The van der Waals surface area contributed by atoms with E-state index in [0.717, 1.165) is 22.2 Å². The summed E-state index contributed by atoms with van der Waals surface area (Å²) >= 11 is 1.42. The van der Waals surface area contributed by atoms with E-state index in [1.165, 1.54) is 29.6 Å². The van der Waals surface area contributed by atoms with Crippen LogP contribution in [0.1, 0.15) is 43.4 Å². The van der Waals surface area contributed by atoms with Gasteiger partial charge >= 0.3 is 5.97 Å². The lowest BCUT2D eigenvalue weighted by molar-refractivity contribution is -0.141. The second-order valence-electron chi connectivity index (χ2n) is 7.28. The molecule has 0 atom stereocenters. The van der Waals surface area contributed by atoms with Crippen LogP contribution < -0.4 is 4.80 Å². The fourth-order valence-electron chi connectivity index (χ4n) is 3.09. The molecular weight excluding hydrogens is 384 g/mol. The predicted molar refractivity (Wildman–Crippen MR) is 116 cm³/mol. The molecule has 0 unspecified atom stereocenters. The highest BCUT2D eigenvalue weighted by Crippen LogP contribution is 2.23. The van der Waals surface area contributed by atoms with E-state index < -0.39 is 0 Å². The van der Waals surface area contributed by atoms with Crippen molar-refractivity contribution >= 4 is 33.4 Å². The first kappa shape index (κ1) is 21.0. The first-order chi connectivity index (χ1) is 13.9. The lowest BCUT2D eigenvalue weighted by atomic mass is 10.0. The molecule has 2 aromatic carbocycles. The molecule has 6 heteroatoms. The normalized spacial score (nSPS) is 12.0. The summed E-state index contributed by atoms with van der Waals surface area (Å²) in [6, 6.07) is 14.1. The number of carbonyl (C=O) groups excluding carboxylic acids is 2. The number of rotatable bonds is 6. The largest absolute Gasteiger partial charge is 0.468 e. The number of amides is 1. The average molecular weight is 411 g/mol. The molecule has 0 spiro atoms. The van der Waals surface area contributed by atoms with E-state index >= 15 is 0 Å². The molecule has 0 radical (unpaired) electrons. The number of ether oxygens (including phenoxy) is 1. The van der Waals surface area contributed by atoms with Gasteiger partial charge in [-0.15, -0.1) is 0 Å². The van der Waals surface area contributed by atoms with E-state index in [2.05, 4.69) is 31.8 Å². The molecule has 0 saturated carbocycles. The molecule has 0 aliphatic heterocycles. The lowest BCUT2D eigenvalue weighted by Gasteiger charge is -2.06. The molecule has 0 aliphatic rings. The summed E-state index contributed by atoms with van der Waals surface area (Å²) in [5.74, 6) is -0.214. The standard InChI is InChI=1S/C23H26N2O3S/c1-5-16-6-8-17(9-7-16)12-21(26)24-23-25(14-22(27)28-4)19-11-10-18(15(2)3)13-20(19)29-23/h6-11,13,15H,5,12,14H2,1-4H3. The van der Waals surface area contributed by atoms with E-state index in [4.69, 9.17) is 4.74 Å². The van der Waals surface area contributed by atoms with Gasteiger partial charge in [0.1, 0.15) is 6.54 Å². The minimum absolute atomic E-state index is 0.0227. The van der Waals surface area contributed by atoms with Crippen molar-refractivity contribution in [2.24, 2.45) is 4.99 Å². The zero-order valence-electron chi connectivity index (χ0n) is 17.3. The molecule has 3 aromatic rings. The molecule has 1 heterocycles. The number of benzene rings is 2. The zero-order valence-corrected chi connectivity index (χ0v) is 18.1. The smallest absolute Gasteiger partial charge is 0.325 e. The highest BCUT2D eigenvalue weighted by atomic mass is 32.1. The Hall–Kier alpha value is -2.73. The highest BCUT2D eigenvalue weighted by Gasteiger charge is 2.13. The number of hydrogen-bond acceptors (Lipinski definition) is 4. The topological polar surface area (TPSA) is 60.7 Å². The molecule has 1 aromatic heterocycles. The van der Waals surface area contributed by atoms with Crippen molar-refractivity contribution in [3.05, 3.63) is 64.0 Å². The van der Waals surface area contributed by atoms with Gasteiger partial charge in [-0.05, 0) is 41.2 Å². The Morgan fingerprint density at radius 2 is 1.79 bits per heavy atom. The number of carbonyl (C=O) groups is 2. The van der Waals surface area contributed by atoms with Crippen LogP contribution in [-0.2, 0) is 33.7 Å². The summed E-state index contributed by atoms with van der Waals surface area (Å²) in [6.45, 7) is 6.39. The predicted octanol–water partition coefficient (Wildman–Crippen LogP) is 4.23. The van der Waals surface area contributed by atoms with Gasteiger partial charge in [-0.3, -0.25) is 9.59 Å². The van der Waals surface area contributed by atoms with E-state index in [1.54, 1.807) is 4.57 Å². The number of esters is 1. The summed E-state index contributed by atoms with van der Waals surface area (Å²) in [7, 11) is 1.36. The van der Waals surface area contributed by atoms with Crippen molar-refractivity contribution in [3.63, 3.8) is 0 Å². The number of methoxy groups -OCH3 is 1. The Kier molecular flexibility index (Phi) is 6.64. The van der Waals surface area contributed by atoms with Gasteiger partial charge in [0.15, 0.2) is 4.80 Å². The second-order valence-corrected chi connectivity index (χ2v) is 8.29. The molecule has 29 heavy (non-hydrogen) atoms. The third-order valence-corrected chi connectivity index (χ3v) is 5.94. The monoisotopic (exact) mass is 410 g/mol. The van der Waals surface area contributed by atoms with Crippen LogP contribution in [0.2, 0.25) is 0 Å². The minimum Gasteiger partial charge on any atom is -0.468 e. The molecule has 5 nitrogen and oxygen atoms in total. The van der Waals surface area contributed by atoms with Crippen LogP contribution in [0.5, 0.6) is 0 Å². The van der Waals surface area contributed by atoms with Crippen LogP contribution in [0.3, 0.4) is 0 Å². The fourth-order valence-corrected chi connectivity index (χ4v) is 4.19. The third-order valence-electron chi connectivity index (χ3n) is 4.90. The first-order valence-electron chi connectivity index (χ1n) is 9.76. The van der Waals surface area contributed by atoms with Gasteiger partial charge in [0.2, 0.25) is 0 Å². The summed E-state index contributed by atoms with van der Waals surface area (Å²) in [6.07, 6.45) is 1.19. The second kappa shape index (κ2) is 9.18. The molecule has 0 aliphatic carbocycles. The van der Waals surface area contributed by atoms with Gasteiger partial charge in [-0.1, -0.05) is 62.4 Å². The van der Waals surface area contributed by atoms with Crippen LogP contribution in [0.15, 0.2) is 47.5 Å². The first-order valence-corrected chi connectivity index (χ1v) is 10.6. The lowest BCUT2D eigenvalue weighted by Crippen LogP contribution is -2.22. The van der Waals surface area contributed by atoms with E-state index in [-0.39, 0.29) is 24.8 Å². The van der Waals surface area contributed by atoms with Gasteiger partial charge in [-0.2, -0.15) is 4.99 Å². The molecule has 0 N–H and O–H groups in total. The Morgan fingerprint density at radius 3 is 2.41 bits per heavy atom. The van der Waals surface area contributed by atoms with Gasteiger partial charge in [0.25, 0.3) is 5.91 Å². The van der Waals surface area contributed by atoms with Crippen molar-refractivity contribution < 1.29 is 14.3 Å². The zero-order chi connectivity index (χ0) is 21.0. The Labute approximate surface area is 174 Å². The van der Waals surface area contributed by atoms with Crippen molar-refractivity contribution in [1.29, 1.82) is 0 Å². The van der Waals surface area contributed by atoms with Crippen molar-refractivity contribution in [3.8, 4) is 0 Å². The summed E-state index contributed by atoms with van der Waals surface area (Å²) < 4.78 is 7.59. The third kappa shape index (κ3) is 5.01. The fraction of sp³-hybridized carbons (Fsp3) is 0.348. The number of aryl methyl sites for hydroxylation is 1. The molecule has 0 saturated heterocycles. The molecular formula is C23H26N2O3S. The number of aromatic nitrogens is 1. The van der Waals surface area contributed by atoms with Crippen molar-refractivity contribution in [2.75, 3.05) is 7.11 Å². The van der Waals surface area contributed by atoms with Crippen molar-refractivity contribution in [1.82, 2.24) is 4.57 Å². The summed E-state index contributed by atoms with van der Waals surface area (Å²) in [5.41, 5.74) is 4.25. The van der Waals surface area contributed by atoms with Crippen LogP contribution in [-0.4, -0.2) is 23.6 Å². The maximum atomic E-state index is 12.6. The van der Waals surface area contributed by atoms with Crippen LogP contribution in [0.25, 0.3) is 10.2 Å². The number of thiazole rings is 1. The molecule has 152 valence electrons. The van der Waals surface area contributed by atoms with Gasteiger partial charge in [0.05, 0.1) is 23.7 Å². The minimum atomic E-state index is -0.373. The average Bonchev–Trinajstić information content (AvgIpc) is 3.04. The Bertz CT molecular complexity index is 1090. The van der Waals surface area contributed by atoms with E-state index in [1.807, 2.05) is 36.4 Å². The summed E-state index contributed by atoms with van der Waals surface area (Å²) in [4.78, 5) is 29.4. The van der Waals surface area contributed by atoms with Gasteiger partial charge < -0.3 is 9.30 Å². The number of hydrogen-bond donors (Lipinski definition) is 0. The van der Waals surface area contributed by atoms with Crippen LogP contribution in [0, 0.1) is 0 Å². The molecule has 0 fully saturated rings. The van der Waals surface area contributed by atoms with Gasteiger partial charge in [-0.25, -0.2) is 0 Å². The van der Waals surface area contributed by atoms with Gasteiger partial charge in [0, 0.05) is 0 Å². The van der Waals surface area contributed by atoms with Crippen LogP contribution >= 0.6 is 11.3 Å². The Morgan fingerprint density at radius 1 is 1.10 bits per heavy atom. The maximum absolute atomic E-state index is 12.6. The Balaban J connectivity index is 1.99. The summed E-state index contributed by atoms with van der Waals surface area (Å²) in [5, 5.41) is 0. The van der Waals surface area contributed by atoms with E-state index in [0.29, 0.717) is 10.7 Å². The van der Waals surface area contributed by atoms with E-state index in [9.17, 15) is 9.59 Å². The van der Waals surface area contributed by atoms with Crippen LogP contribution in [0.4, 0.5) is 0 Å². The number of nitrogens with zero attached hydrogens (tertiary/aromatic N) is 2. The molecule has 0 bridgehead atoms. The highest BCUT2D eigenvalue weighted by molar-refractivity contribution is 7.16. The number of fused-ring (bicyclic) bond motifs is 1. The molecule has 1 amide bonds.